The third kappa shape index (κ3) is 6.10. The number of aliphatic hydroxyl groups is 1. The first kappa shape index (κ1) is 27.2. The Balaban J connectivity index is 2.37. The molecule has 2 aliphatic rings. The van der Waals surface area contributed by atoms with Gasteiger partial charge in [-0.05, 0) is 75.3 Å². The third-order valence-corrected chi connectivity index (χ3v) is 14.5. The number of hydrogen-bond donors (Lipinski definition) is 1. The first-order valence-corrected chi connectivity index (χ1v) is 16.4. The van der Waals surface area contributed by atoms with Gasteiger partial charge in [-0.25, -0.2) is 0 Å². The predicted molar refractivity (Wildman–Crippen MR) is 134 cm³/mol. The lowest BCUT2D eigenvalue weighted by atomic mass is 9.54. The van der Waals surface area contributed by atoms with Crippen molar-refractivity contribution in [2.45, 2.75) is 128 Å². The smallest absolute Gasteiger partial charge is 0.305 e. The Kier molecular flexibility index (Phi) is 9.20. The summed E-state index contributed by atoms with van der Waals surface area (Å²) in [6.45, 7) is 18.1. The maximum absolute atomic E-state index is 12.5. The Morgan fingerprint density at radius 2 is 1.87 bits per heavy atom. The summed E-state index contributed by atoms with van der Waals surface area (Å²) in [4.78, 5) is 12.3. The lowest BCUT2D eigenvalue weighted by molar-refractivity contribution is -0.201. The Morgan fingerprint density at radius 3 is 2.42 bits per heavy atom. The fraction of sp³-hybridized carbons (Fsp3) is 0.960. The quantitative estimate of drug-likeness (QED) is 0.320. The van der Waals surface area contributed by atoms with Crippen molar-refractivity contribution in [3.63, 3.8) is 0 Å². The highest BCUT2D eigenvalue weighted by molar-refractivity contribution is 7.99. The average Bonchev–Trinajstić information content (AvgIpc) is 2.68. The second-order valence-electron chi connectivity index (χ2n) is 11.7. The van der Waals surface area contributed by atoms with Crippen LogP contribution in [0.2, 0.25) is 18.1 Å². The highest BCUT2D eigenvalue weighted by Gasteiger charge is 2.59. The van der Waals surface area contributed by atoms with Gasteiger partial charge in [-0.15, -0.1) is 0 Å². The molecular formula is C25H48O4SSi. The van der Waals surface area contributed by atoms with E-state index in [-0.39, 0.29) is 28.9 Å². The molecule has 1 saturated heterocycles. The number of ether oxygens (including phenoxy) is 1. The van der Waals surface area contributed by atoms with E-state index in [1.807, 2.05) is 6.92 Å². The van der Waals surface area contributed by atoms with Gasteiger partial charge in [0, 0.05) is 17.1 Å². The van der Waals surface area contributed by atoms with Crippen molar-refractivity contribution in [3.05, 3.63) is 0 Å². The Morgan fingerprint density at radius 1 is 1.19 bits per heavy atom. The number of esters is 1. The first-order chi connectivity index (χ1) is 14.3. The van der Waals surface area contributed by atoms with E-state index < -0.39 is 13.9 Å². The maximum Gasteiger partial charge on any atom is 0.305 e. The molecule has 0 amide bonds. The summed E-state index contributed by atoms with van der Waals surface area (Å²) in [5, 5.41) is 13.1. The summed E-state index contributed by atoms with van der Waals surface area (Å²) in [6.07, 6.45) is 7.19. The summed E-state index contributed by atoms with van der Waals surface area (Å²) in [7, 11) is -2.07. The van der Waals surface area contributed by atoms with Gasteiger partial charge >= 0.3 is 5.97 Å². The van der Waals surface area contributed by atoms with E-state index in [9.17, 15) is 9.90 Å². The monoisotopic (exact) mass is 472 g/mol. The molecule has 5 atom stereocenters. The maximum atomic E-state index is 12.5. The fourth-order valence-electron chi connectivity index (χ4n) is 5.23. The molecule has 0 bridgehead atoms. The van der Waals surface area contributed by atoms with Crippen molar-refractivity contribution >= 4 is 26.0 Å². The lowest BCUT2D eigenvalue weighted by Gasteiger charge is -2.59. The first-order valence-electron chi connectivity index (χ1n) is 12.4. The lowest BCUT2D eigenvalue weighted by Crippen LogP contribution is -2.64. The standard InChI is InChI=1S/C25H48O4SSi/c1-9-28-22(26)15-16-25(27)21(29-31(7,8)23(3,4)5)14-13-19(2)24(25,6)18-20-12-10-11-17-30-20/h19-21,27H,9-18H2,1-8H3/t19-,20?,21+,24+,25-/m0/s1. The van der Waals surface area contributed by atoms with E-state index in [1.54, 1.807) is 0 Å². The van der Waals surface area contributed by atoms with Crippen molar-refractivity contribution < 1.29 is 19.1 Å². The molecule has 0 aromatic heterocycles. The van der Waals surface area contributed by atoms with E-state index in [0.717, 1.165) is 19.3 Å². The van der Waals surface area contributed by atoms with E-state index >= 15 is 0 Å². The van der Waals surface area contributed by atoms with Crippen LogP contribution in [0.25, 0.3) is 0 Å². The minimum atomic E-state index is -2.07. The second-order valence-corrected chi connectivity index (χ2v) is 17.8. The van der Waals surface area contributed by atoms with Crippen LogP contribution in [0.4, 0.5) is 0 Å². The summed E-state index contributed by atoms with van der Waals surface area (Å²) in [5.41, 5.74) is -1.30. The summed E-state index contributed by atoms with van der Waals surface area (Å²) in [5.74, 6) is 1.40. The average molecular weight is 473 g/mol. The highest BCUT2D eigenvalue weighted by atomic mass is 32.2. The minimum Gasteiger partial charge on any atom is -0.466 e. The molecule has 2 fully saturated rings. The minimum absolute atomic E-state index is 0.0771. The molecule has 4 nitrogen and oxygen atoms in total. The largest absolute Gasteiger partial charge is 0.466 e. The summed E-state index contributed by atoms with van der Waals surface area (Å²) in [6, 6.07) is 0. The zero-order valence-corrected chi connectivity index (χ0v) is 23.2. The molecule has 1 aliphatic carbocycles. The Bertz CT molecular complexity index is 599. The topological polar surface area (TPSA) is 55.8 Å². The van der Waals surface area contributed by atoms with Gasteiger partial charge in [-0.3, -0.25) is 4.79 Å². The van der Waals surface area contributed by atoms with Gasteiger partial charge in [0.1, 0.15) is 0 Å². The molecule has 0 aromatic rings. The number of hydrogen-bond acceptors (Lipinski definition) is 5. The van der Waals surface area contributed by atoms with Gasteiger partial charge in [-0.1, -0.05) is 41.0 Å². The van der Waals surface area contributed by atoms with Crippen LogP contribution in [-0.4, -0.2) is 48.7 Å². The molecule has 1 heterocycles. The normalized spacial score (nSPS) is 35.1. The van der Waals surface area contributed by atoms with Crippen LogP contribution >= 0.6 is 11.8 Å². The molecule has 31 heavy (non-hydrogen) atoms. The van der Waals surface area contributed by atoms with Crippen LogP contribution in [0.3, 0.4) is 0 Å². The van der Waals surface area contributed by atoms with Crippen molar-refractivity contribution in [2.75, 3.05) is 12.4 Å². The van der Waals surface area contributed by atoms with E-state index in [0.29, 0.717) is 24.2 Å². The number of rotatable bonds is 8. The van der Waals surface area contributed by atoms with Crippen molar-refractivity contribution in [1.82, 2.24) is 0 Å². The Hall–Kier alpha value is -0.0431. The predicted octanol–water partition coefficient (Wildman–Crippen LogP) is 6.56. The Labute approximate surface area is 196 Å². The highest BCUT2D eigenvalue weighted by Crippen LogP contribution is 2.56. The third-order valence-electron chi connectivity index (χ3n) is 8.66. The van der Waals surface area contributed by atoms with Crippen molar-refractivity contribution in [2.24, 2.45) is 11.3 Å². The van der Waals surface area contributed by atoms with Crippen molar-refractivity contribution in [1.29, 1.82) is 0 Å². The molecule has 1 saturated carbocycles. The van der Waals surface area contributed by atoms with Crippen LogP contribution in [0, 0.1) is 11.3 Å². The van der Waals surface area contributed by atoms with Crippen LogP contribution < -0.4 is 0 Å². The zero-order valence-electron chi connectivity index (χ0n) is 21.4. The molecule has 1 unspecified atom stereocenters. The molecule has 2 rings (SSSR count). The molecule has 6 heteroatoms. The van der Waals surface area contributed by atoms with E-state index in [2.05, 4.69) is 59.5 Å². The number of carbonyl (C=O) groups is 1. The summed E-state index contributed by atoms with van der Waals surface area (Å²) < 4.78 is 12.1. The van der Waals surface area contributed by atoms with Gasteiger partial charge in [-0.2, -0.15) is 11.8 Å². The molecule has 182 valence electrons. The van der Waals surface area contributed by atoms with E-state index in [4.69, 9.17) is 9.16 Å². The zero-order chi connectivity index (χ0) is 23.5. The van der Waals surface area contributed by atoms with E-state index in [1.165, 1.54) is 25.0 Å². The number of thioether (sulfide) groups is 1. The van der Waals surface area contributed by atoms with Crippen LogP contribution in [0.1, 0.15) is 92.9 Å². The van der Waals surface area contributed by atoms with Crippen LogP contribution in [0.15, 0.2) is 0 Å². The van der Waals surface area contributed by atoms with Gasteiger partial charge in [0.15, 0.2) is 8.32 Å². The number of carbonyl (C=O) groups excluding carboxylic acids is 1. The molecule has 1 aliphatic heterocycles. The summed E-state index contributed by atoms with van der Waals surface area (Å²) >= 11 is 2.07. The van der Waals surface area contributed by atoms with Crippen LogP contribution in [-0.2, 0) is 14.0 Å². The van der Waals surface area contributed by atoms with Crippen molar-refractivity contribution in [3.8, 4) is 0 Å². The second kappa shape index (κ2) is 10.5. The van der Waals surface area contributed by atoms with Gasteiger partial charge in [0.05, 0.1) is 18.3 Å². The fourth-order valence-corrected chi connectivity index (χ4v) is 8.11. The van der Waals surface area contributed by atoms with Gasteiger partial charge < -0.3 is 14.3 Å². The molecule has 1 N–H and O–H groups in total. The molecular weight excluding hydrogens is 424 g/mol. The SMILES string of the molecule is CCOC(=O)CC[C@]1(O)[C@H](O[Si](C)(C)C(C)(C)C)CC[C@H](C)[C@@]1(C)CC1CCCCS1. The van der Waals surface area contributed by atoms with Crippen LogP contribution in [0.5, 0.6) is 0 Å². The molecule has 0 radical (unpaired) electrons. The van der Waals surface area contributed by atoms with Gasteiger partial charge in [0.2, 0.25) is 0 Å². The molecule has 0 aromatic carbocycles. The van der Waals surface area contributed by atoms with Gasteiger partial charge in [0.25, 0.3) is 0 Å². The molecule has 0 spiro atoms.